The minimum atomic E-state index is 0.806. The first-order valence-corrected chi connectivity index (χ1v) is 6.24. The summed E-state index contributed by atoms with van der Waals surface area (Å²) in [4.78, 5) is 2.69. The van der Waals surface area contributed by atoms with Crippen LogP contribution in [0.5, 0.6) is 0 Å². The summed E-state index contributed by atoms with van der Waals surface area (Å²) < 4.78 is 0. The van der Waals surface area contributed by atoms with E-state index in [1.807, 2.05) is 0 Å². The molecule has 3 unspecified atom stereocenters. The first-order valence-electron chi connectivity index (χ1n) is 6.24. The molecule has 1 nitrogen and oxygen atoms in total. The summed E-state index contributed by atoms with van der Waals surface area (Å²) in [5.74, 6) is 2.65. The van der Waals surface area contributed by atoms with Gasteiger partial charge in [-0.1, -0.05) is 27.7 Å². The van der Waals surface area contributed by atoms with E-state index in [0.717, 1.165) is 23.8 Å². The maximum absolute atomic E-state index is 2.69. The first-order chi connectivity index (χ1) is 6.50. The number of hydrogen-bond acceptors (Lipinski definition) is 1. The van der Waals surface area contributed by atoms with Gasteiger partial charge in [0, 0.05) is 12.6 Å². The van der Waals surface area contributed by atoms with E-state index in [2.05, 4.69) is 39.5 Å². The topological polar surface area (TPSA) is 3.24 Å². The van der Waals surface area contributed by atoms with Crippen molar-refractivity contribution in [1.29, 1.82) is 0 Å². The highest BCUT2D eigenvalue weighted by Crippen LogP contribution is 2.27. The summed E-state index contributed by atoms with van der Waals surface area (Å²) in [7, 11) is 0. The van der Waals surface area contributed by atoms with Crippen LogP contribution in [0.15, 0.2) is 0 Å². The molecule has 0 aromatic carbocycles. The standard InChI is InChI=1S/C13H27N/c1-10(2)6-7-14-9-12(4)11(3)8-13(14)5/h10-13H,6-9H2,1-5H3. The van der Waals surface area contributed by atoms with Gasteiger partial charge >= 0.3 is 0 Å². The number of piperidine rings is 1. The molecule has 1 fully saturated rings. The molecular formula is C13H27N. The first kappa shape index (κ1) is 12.0. The van der Waals surface area contributed by atoms with Gasteiger partial charge in [-0.15, -0.1) is 0 Å². The smallest absolute Gasteiger partial charge is 0.00696 e. The molecule has 1 aliphatic heterocycles. The van der Waals surface area contributed by atoms with E-state index in [0.29, 0.717) is 0 Å². The zero-order valence-corrected chi connectivity index (χ0v) is 10.6. The molecule has 1 saturated heterocycles. The third-order valence-corrected chi connectivity index (χ3v) is 3.82. The Hall–Kier alpha value is -0.0400. The Balaban J connectivity index is 2.37. The number of rotatable bonds is 3. The fourth-order valence-electron chi connectivity index (χ4n) is 2.38. The van der Waals surface area contributed by atoms with Crippen molar-refractivity contribution in [2.45, 2.75) is 53.5 Å². The largest absolute Gasteiger partial charge is 0.300 e. The lowest BCUT2D eigenvalue weighted by Crippen LogP contribution is -2.45. The third-order valence-electron chi connectivity index (χ3n) is 3.82. The molecule has 0 saturated carbocycles. The lowest BCUT2D eigenvalue weighted by molar-refractivity contribution is 0.0818. The van der Waals surface area contributed by atoms with E-state index in [4.69, 9.17) is 0 Å². The van der Waals surface area contributed by atoms with Crippen LogP contribution in [0, 0.1) is 17.8 Å². The second kappa shape index (κ2) is 5.16. The van der Waals surface area contributed by atoms with Gasteiger partial charge in [0.05, 0.1) is 0 Å². The number of likely N-dealkylation sites (tertiary alicyclic amines) is 1. The van der Waals surface area contributed by atoms with Gasteiger partial charge in [-0.25, -0.2) is 0 Å². The monoisotopic (exact) mass is 197 g/mol. The van der Waals surface area contributed by atoms with Crippen LogP contribution < -0.4 is 0 Å². The van der Waals surface area contributed by atoms with Gasteiger partial charge in [0.15, 0.2) is 0 Å². The average Bonchev–Trinajstić information content (AvgIpc) is 2.09. The molecule has 0 spiro atoms. The summed E-state index contributed by atoms with van der Waals surface area (Å²) in [6, 6.07) is 0.806. The Bertz CT molecular complexity index is 165. The van der Waals surface area contributed by atoms with Crippen molar-refractivity contribution in [2.24, 2.45) is 17.8 Å². The predicted molar refractivity (Wildman–Crippen MR) is 63.4 cm³/mol. The summed E-state index contributed by atoms with van der Waals surface area (Å²) in [6.45, 7) is 14.5. The Morgan fingerprint density at radius 2 is 1.79 bits per heavy atom. The van der Waals surface area contributed by atoms with Gasteiger partial charge in [-0.05, 0) is 44.1 Å². The lowest BCUT2D eigenvalue weighted by atomic mass is 9.84. The highest BCUT2D eigenvalue weighted by molar-refractivity contribution is 4.81. The van der Waals surface area contributed by atoms with Gasteiger partial charge < -0.3 is 4.90 Å². The van der Waals surface area contributed by atoms with E-state index in [9.17, 15) is 0 Å². The van der Waals surface area contributed by atoms with Crippen molar-refractivity contribution in [3.63, 3.8) is 0 Å². The zero-order valence-electron chi connectivity index (χ0n) is 10.6. The summed E-state index contributed by atoms with van der Waals surface area (Å²) in [6.07, 6.45) is 2.74. The number of nitrogens with zero attached hydrogens (tertiary/aromatic N) is 1. The fraction of sp³-hybridized carbons (Fsp3) is 1.00. The van der Waals surface area contributed by atoms with Crippen LogP contribution in [0.4, 0.5) is 0 Å². The van der Waals surface area contributed by atoms with E-state index in [-0.39, 0.29) is 0 Å². The Labute approximate surface area is 89.9 Å². The van der Waals surface area contributed by atoms with Crippen molar-refractivity contribution in [1.82, 2.24) is 4.90 Å². The van der Waals surface area contributed by atoms with E-state index in [1.165, 1.54) is 25.9 Å². The lowest BCUT2D eigenvalue weighted by Gasteiger charge is -2.40. The molecule has 1 rings (SSSR count). The van der Waals surface area contributed by atoms with Gasteiger partial charge in [-0.3, -0.25) is 0 Å². The SMILES string of the molecule is CC(C)CCN1CC(C)C(C)CC1C. The maximum atomic E-state index is 2.69. The van der Waals surface area contributed by atoms with Crippen LogP contribution in [0.25, 0.3) is 0 Å². The minimum absolute atomic E-state index is 0.806. The predicted octanol–water partition coefficient (Wildman–Crippen LogP) is 3.40. The Morgan fingerprint density at radius 3 is 2.36 bits per heavy atom. The van der Waals surface area contributed by atoms with E-state index in [1.54, 1.807) is 0 Å². The molecule has 0 amide bonds. The summed E-state index contributed by atoms with van der Waals surface area (Å²) >= 11 is 0. The van der Waals surface area contributed by atoms with Gasteiger partial charge in [-0.2, -0.15) is 0 Å². The molecule has 0 aliphatic carbocycles. The van der Waals surface area contributed by atoms with Gasteiger partial charge in [0.25, 0.3) is 0 Å². The highest BCUT2D eigenvalue weighted by atomic mass is 15.2. The second-order valence-electron chi connectivity index (χ2n) is 5.72. The van der Waals surface area contributed by atoms with Crippen LogP contribution in [0.2, 0.25) is 0 Å². The normalized spacial score (nSPS) is 35.1. The van der Waals surface area contributed by atoms with Crippen LogP contribution in [-0.4, -0.2) is 24.0 Å². The van der Waals surface area contributed by atoms with Crippen molar-refractivity contribution < 1.29 is 0 Å². The summed E-state index contributed by atoms with van der Waals surface area (Å²) in [5.41, 5.74) is 0. The maximum Gasteiger partial charge on any atom is 0.00696 e. The molecule has 0 aromatic rings. The molecule has 14 heavy (non-hydrogen) atoms. The van der Waals surface area contributed by atoms with E-state index >= 15 is 0 Å². The zero-order chi connectivity index (χ0) is 10.7. The molecule has 84 valence electrons. The quantitative estimate of drug-likeness (QED) is 0.670. The van der Waals surface area contributed by atoms with Crippen LogP contribution in [-0.2, 0) is 0 Å². The van der Waals surface area contributed by atoms with E-state index < -0.39 is 0 Å². The van der Waals surface area contributed by atoms with Crippen molar-refractivity contribution in [3.8, 4) is 0 Å². The summed E-state index contributed by atoms with van der Waals surface area (Å²) in [5, 5.41) is 0. The second-order valence-corrected chi connectivity index (χ2v) is 5.72. The van der Waals surface area contributed by atoms with Crippen LogP contribution in [0.3, 0.4) is 0 Å². The van der Waals surface area contributed by atoms with Crippen molar-refractivity contribution >= 4 is 0 Å². The molecule has 1 aliphatic rings. The van der Waals surface area contributed by atoms with Gasteiger partial charge in [0.1, 0.15) is 0 Å². The molecule has 0 aromatic heterocycles. The highest BCUT2D eigenvalue weighted by Gasteiger charge is 2.27. The van der Waals surface area contributed by atoms with Crippen molar-refractivity contribution in [2.75, 3.05) is 13.1 Å². The van der Waals surface area contributed by atoms with Gasteiger partial charge in [0.2, 0.25) is 0 Å². The average molecular weight is 197 g/mol. The molecular weight excluding hydrogens is 170 g/mol. The molecule has 1 heterocycles. The molecule has 0 N–H and O–H groups in total. The molecule has 3 atom stereocenters. The van der Waals surface area contributed by atoms with Crippen LogP contribution >= 0.6 is 0 Å². The minimum Gasteiger partial charge on any atom is -0.300 e. The van der Waals surface area contributed by atoms with Crippen molar-refractivity contribution in [3.05, 3.63) is 0 Å². The third kappa shape index (κ3) is 3.27. The Morgan fingerprint density at radius 1 is 1.14 bits per heavy atom. The number of hydrogen-bond donors (Lipinski definition) is 0. The Kier molecular flexibility index (Phi) is 4.43. The fourth-order valence-corrected chi connectivity index (χ4v) is 2.38. The molecule has 1 heteroatoms. The molecule has 0 bridgehead atoms. The van der Waals surface area contributed by atoms with Crippen LogP contribution in [0.1, 0.15) is 47.5 Å². The molecule has 0 radical (unpaired) electrons.